The Morgan fingerprint density at radius 2 is 2.06 bits per heavy atom. The molecule has 2 atom stereocenters. The molecule has 94 valence electrons. The minimum Gasteiger partial charge on any atom is -0.480 e. The van der Waals surface area contributed by atoms with E-state index in [2.05, 4.69) is 5.32 Å². The molecular weight excluding hydrogens is 261 g/mol. The van der Waals surface area contributed by atoms with Crippen LogP contribution in [0.25, 0.3) is 0 Å². The molecule has 1 aliphatic rings. The Labute approximate surface area is 112 Å². The van der Waals surface area contributed by atoms with Gasteiger partial charge in [0.1, 0.15) is 6.04 Å². The molecule has 17 heavy (non-hydrogen) atoms. The second-order valence-corrected chi connectivity index (χ2v) is 4.67. The van der Waals surface area contributed by atoms with Gasteiger partial charge in [0.2, 0.25) is 0 Å². The third-order valence-electron chi connectivity index (χ3n) is 2.96. The SMILES string of the molecule is Cl.O=C(O)C1CC(Cc2ccc(Cl)cc2)CN1. The van der Waals surface area contributed by atoms with Crippen molar-refractivity contribution in [2.45, 2.75) is 18.9 Å². The normalized spacial score (nSPS) is 23.1. The lowest BCUT2D eigenvalue weighted by atomic mass is 9.97. The molecule has 3 nitrogen and oxygen atoms in total. The first-order valence-corrected chi connectivity index (χ1v) is 5.73. The maximum absolute atomic E-state index is 10.8. The molecule has 1 saturated heterocycles. The number of carbonyl (C=O) groups is 1. The van der Waals surface area contributed by atoms with Crippen molar-refractivity contribution in [3.8, 4) is 0 Å². The predicted molar refractivity (Wildman–Crippen MR) is 69.9 cm³/mol. The zero-order valence-electron chi connectivity index (χ0n) is 9.23. The van der Waals surface area contributed by atoms with E-state index in [9.17, 15) is 4.79 Å². The Balaban J connectivity index is 0.00000144. The van der Waals surface area contributed by atoms with E-state index in [1.807, 2.05) is 24.3 Å². The molecular formula is C12H15Cl2NO2. The fourth-order valence-electron chi connectivity index (χ4n) is 2.11. The van der Waals surface area contributed by atoms with Crippen LogP contribution in [0, 0.1) is 5.92 Å². The zero-order valence-corrected chi connectivity index (χ0v) is 10.8. The van der Waals surface area contributed by atoms with Crippen molar-refractivity contribution in [3.05, 3.63) is 34.9 Å². The van der Waals surface area contributed by atoms with Crippen LogP contribution in [0.5, 0.6) is 0 Å². The van der Waals surface area contributed by atoms with Crippen LogP contribution in [-0.2, 0) is 11.2 Å². The van der Waals surface area contributed by atoms with Gasteiger partial charge in [-0.05, 0) is 43.0 Å². The number of carboxylic acid groups (broad SMARTS) is 1. The zero-order chi connectivity index (χ0) is 11.5. The number of halogens is 2. The number of hydrogen-bond donors (Lipinski definition) is 2. The van der Waals surface area contributed by atoms with E-state index in [4.69, 9.17) is 16.7 Å². The van der Waals surface area contributed by atoms with Crippen LogP contribution in [0.1, 0.15) is 12.0 Å². The minimum atomic E-state index is -0.751. The van der Waals surface area contributed by atoms with Gasteiger partial charge in [0, 0.05) is 5.02 Å². The van der Waals surface area contributed by atoms with Crippen molar-refractivity contribution in [2.75, 3.05) is 6.54 Å². The van der Waals surface area contributed by atoms with Crippen molar-refractivity contribution in [2.24, 2.45) is 5.92 Å². The van der Waals surface area contributed by atoms with Crippen LogP contribution in [0.3, 0.4) is 0 Å². The lowest BCUT2D eigenvalue weighted by Gasteiger charge is -2.08. The smallest absolute Gasteiger partial charge is 0.320 e. The number of rotatable bonds is 3. The summed E-state index contributed by atoms with van der Waals surface area (Å²) < 4.78 is 0. The highest BCUT2D eigenvalue weighted by Gasteiger charge is 2.28. The molecule has 0 amide bonds. The molecule has 0 aliphatic carbocycles. The van der Waals surface area contributed by atoms with Crippen LogP contribution < -0.4 is 5.32 Å². The average molecular weight is 276 g/mol. The van der Waals surface area contributed by atoms with E-state index in [1.54, 1.807) is 0 Å². The molecule has 0 aromatic heterocycles. The summed E-state index contributed by atoms with van der Waals surface area (Å²) >= 11 is 5.80. The first-order chi connectivity index (χ1) is 7.65. The Morgan fingerprint density at radius 3 is 2.59 bits per heavy atom. The summed E-state index contributed by atoms with van der Waals surface area (Å²) in [7, 11) is 0. The maximum atomic E-state index is 10.8. The van der Waals surface area contributed by atoms with Gasteiger partial charge in [0.25, 0.3) is 0 Å². The summed E-state index contributed by atoms with van der Waals surface area (Å²) in [5.74, 6) is -0.346. The number of nitrogens with one attached hydrogen (secondary N) is 1. The van der Waals surface area contributed by atoms with E-state index in [1.165, 1.54) is 5.56 Å². The second-order valence-electron chi connectivity index (χ2n) is 4.23. The van der Waals surface area contributed by atoms with Gasteiger partial charge in [-0.3, -0.25) is 4.79 Å². The third kappa shape index (κ3) is 3.87. The Bertz CT molecular complexity index is 381. The Morgan fingerprint density at radius 1 is 1.41 bits per heavy atom. The van der Waals surface area contributed by atoms with Crippen LogP contribution in [-0.4, -0.2) is 23.7 Å². The summed E-state index contributed by atoms with van der Waals surface area (Å²) in [6, 6.07) is 7.35. The maximum Gasteiger partial charge on any atom is 0.320 e. The van der Waals surface area contributed by atoms with Crippen LogP contribution in [0.15, 0.2) is 24.3 Å². The lowest BCUT2D eigenvalue weighted by Crippen LogP contribution is -2.29. The lowest BCUT2D eigenvalue weighted by molar-refractivity contribution is -0.139. The van der Waals surface area contributed by atoms with Gasteiger partial charge >= 0.3 is 5.97 Å². The second kappa shape index (κ2) is 6.24. The molecule has 2 N–H and O–H groups in total. The summed E-state index contributed by atoms with van der Waals surface area (Å²) in [6.07, 6.45) is 1.62. The number of hydrogen-bond acceptors (Lipinski definition) is 2. The van der Waals surface area contributed by atoms with Gasteiger partial charge in [-0.2, -0.15) is 0 Å². The van der Waals surface area contributed by atoms with Crippen molar-refractivity contribution in [1.29, 1.82) is 0 Å². The van der Waals surface area contributed by atoms with Gasteiger partial charge in [0.15, 0.2) is 0 Å². The van der Waals surface area contributed by atoms with Crippen molar-refractivity contribution < 1.29 is 9.90 Å². The average Bonchev–Trinajstić information content (AvgIpc) is 2.70. The van der Waals surface area contributed by atoms with Gasteiger partial charge in [0.05, 0.1) is 0 Å². The summed E-state index contributed by atoms with van der Waals surface area (Å²) in [5, 5.41) is 12.6. The Hall–Kier alpha value is -0.770. The first-order valence-electron chi connectivity index (χ1n) is 5.36. The highest BCUT2D eigenvalue weighted by molar-refractivity contribution is 6.30. The summed E-state index contributed by atoms with van der Waals surface area (Å²) in [4.78, 5) is 10.8. The van der Waals surface area contributed by atoms with E-state index >= 15 is 0 Å². The van der Waals surface area contributed by atoms with Crippen LogP contribution in [0.4, 0.5) is 0 Å². The first kappa shape index (κ1) is 14.3. The van der Waals surface area contributed by atoms with Crippen molar-refractivity contribution in [1.82, 2.24) is 5.32 Å². The largest absolute Gasteiger partial charge is 0.480 e. The van der Waals surface area contributed by atoms with Crippen molar-refractivity contribution in [3.63, 3.8) is 0 Å². The molecule has 0 saturated carbocycles. The molecule has 0 radical (unpaired) electrons. The predicted octanol–water partition coefficient (Wildman–Crippen LogP) is 2.37. The van der Waals surface area contributed by atoms with Gasteiger partial charge in [-0.15, -0.1) is 12.4 Å². The number of aliphatic carboxylic acids is 1. The van der Waals surface area contributed by atoms with E-state index in [0.717, 1.165) is 18.0 Å². The molecule has 0 spiro atoms. The molecule has 2 unspecified atom stereocenters. The Kier molecular flexibility index (Phi) is 5.25. The van der Waals surface area contributed by atoms with Gasteiger partial charge in [-0.25, -0.2) is 0 Å². The molecule has 1 aromatic rings. The number of carboxylic acids is 1. The molecule has 1 heterocycles. The molecule has 0 bridgehead atoms. The molecule has 1 aliphatic heterocycles. The summed E-state index contributed by atoms with van der Waals surface area (Å²) in [5.41, 5.74) is 1.21. The topological polar surface area (TPSA) is 49.3 Å². The highest BCUT2D eigenvalue weighted by Crippen LogP contribution is 2.20. The fourth-order valence-corrected chi connectivity index (χ4v) is 2.23. The quantitative estimate of drug-likeness (QED) is 0.891. The minimum absolute atomic E-state index is 0. The highest BCUT2D eigenvalue weighted by atomic mass is 35.5. The van der Waals surface area contributed by atoms with Gasteiger partial charge in [-0.1, -0.05) is 23.7 Å². The van der Waals surface area contributed by atoms with E-state index in [0.29, 0.717) is 12.3 Å². The van der Waals surface area contributed by atoms with Crippen LogP contribution >= 0.6 is 24.0 Å². The summed E-state index contributed by atoms with van der Waals surface area (Å²) in [6.45, 7) is 0.777. The van der Waals surface area contributed by atoms with E-state index < -0.39 is 5.97 Å². The standard InChI is InChI=1S/C12H14ClNO2.ClH/c13-10-3-1-8(2-4-10)5-9-6-11(12(15)16)14-7-9;/h1-4,9,11,14H,5-7H2,(H,15,16);1H. The molecule has 2 rings (SSSR count). The van der Waals surface area contributed by atoms with Gasteiger partial charge < -0.3 is 10.4 Å². The molecule has 5 heteroatoms. The monoisotopic (exact) mass is 275 g/mol. The third-order valence-corrected chi connectivity index (χ3v) is 3.21. The van der Waals surface area contributed by atoms with Crippen molar-refractivity contribution >= 4 is 30.0 Å². The fraction of sp³-hybridized carbons (Fsp3) is 0.417. The molecule has 1 fully saturated rings. The van der Waals surface area contributed by atoms with E-state index in [-0.39, 0.29) is 18.4 Å². The number of benzene rings is 1. The molecule has 1 aromatic carbocycles. The van der Waals surface area contributed by atoms with Crippen LogP contribution in [0.2, 0.25) is 5.02 Å².